The molecule has 0 radical (unpaired) electrons. The summed E-state index contributed by atoms with van der Waals surface area (Å²) < 4.78 is 72.8. The number of carbonyl (C=O) groups excluding carboxylic acids is 2. The summed E-state index contributed by atoms with van der Waals surface area (Å²) in [5.41, 5.74) is 1.83. The average Bonchev–Trinajstić information content (AvgIpc) is 3.47. The maximum absolute atomic E-state index is 14.0. The van der Waals surface area contributed by atoms with E-state index in [9.17, 15) is 31.5 Å². The SMILES string of the molecule is CC(C)n1nccc1C(=O)N[C@H](c1cn2ncc([C@H](NC(=O)COCC(F)(F)F)C3CC3)cc2n1)C1CCC(F)(F)CC1. The molecule has 3 aromatic rings. The van der Waals surface area contributed by atoms with Crippen molar-refractivity contribution in [1.82, 2.24) is 35.0 Å². The van der Waals surface area contributed by atoms with Crippen LogP contribution in [0.25, 0.3) is 5.65 Å². The van der Waals surface area contributed by atoms with E-state index in [4.69, 9.17) is 4.98 Å². The van der Waals surface area contributed by atoms with Crippen LogP contribution >= 0.6 is 0 Å². The summed E-state index contributed by atoms with van der Waals surface area (Å²) in [5, 5.41) is 14.4. The van der Waals surface area contributed by atoms with Gasteiger partial charge in [0, 0.05) is 25.1 Å². The molecule has 5 rings (SSSR count). The number of alkyl halides is 5. The maximum atomic E-state index is 14.0. The van der Waals surface area contributed by atoms with Crippen molar-refractivity contribution < 1.29 is 36.3 Å². The predicted molar refractivity (Wildman–Crippen MR) is 143 cm³/mol. The van der Waals surface area contributed by atoms with Crippen molar-refractivity contribution >= 4 is 17.5 Å². The van der Waals surface area contributed by atoms with E-state index in [1.807, 2.05) is 13.8 Å². The van der Waals surface area contributed by atoms with Gasteiger partial charge in [-0.25, -0.2) is 18.3 Å². The summed E-state index contributed by atoms with van der Waals surface area (Å²) >= 11 is 0. The summed E-state index contributed by atoms with van der Waals surface area (Å²) in [7, 11) is 0. The van der Waals surface area contributed by atoms with Crippen LogP contribution in [0.3, 0.4) is 0 Å². The third-order valence-corrected chi connectivity index (χ3v) is 7.86. The van der Waals surface area contributed by atoms with Crippen molar-refractivity contribution in [2.45, 2.75) is 82.6 Å². The number of nitrogens with zero attached hydrogens (tertiary/aromatic N) is 5. The molecule has 2 aliphatic carbocycles. The Morgan fingerprint density at radius 1 is 1.07 bits per heavy atom. The van der Waals surface area contributed by atoms with Crippen LogP contribution in [0.15, 0.2) is 30.7 Å². The number of amides is 2. The highest BCUT2D eigenvalue weighted by atomic mass is 19.4. The van der Waals surface area contributed by atoms with Gasteiger partial charge in [-0.3, -0.25) is 14.3 Å². The zero-order chi connectivity index (χ0) is 30.9. The first kappa shape index (κ1) is 30.8. The molecule has 2 amide bonds. The number of hydrogen-bond acceptors (Lipinski definition) is 6. The Morgan fingerprint density at radius 2 is 1.77 bits per heavy atom. The second kappa shape index (κ2) is 12.2. The summed E-state index contributed by atoms with van der Waals surface area (Å²) in [6.45, 7) is 1.53. The van der Waals surface area contributed by atoms with E-state index in [1.54, 1.807) is 29.2 Å². The number of halogens is 5. The second-order valence-corrected chi connectivity index (χ2v) is 11.6. The molecule has 0 bridgehead atoms. The van der Waals surface area contributed by atoms with Crippen molar-refractivity contribution in [2.75, 3.05) is 13.2 Å². The van der Waals surface area contributed by atoms with Gasteiger partial charge in [0.1, 0.15) is 18.9 Å². The van der Waals surface area contributed by atoms with Gasteiger partial charge in [0.05, 0.1) is 30.2 Å². The molecule has 2 saturated carbocycles. The number of ether oxygens (including phenoxy) is 1. The standard InChI is InChI=1S/C28H34F5N7O3/c1-16(2)40-21(7-10-34-40)26(42)38-25(18-5-8-27(29,30)9-6-18)20-13-39-22(36-20)11-19(12-35-39)24(17-3-4-17)37-23(41)14-43-15-28(31,32)33/h7,10-13,16-18,24-25H,3-6,8-9,14-15H2,1-2H3,(H,37,41)(H,38,42)/t24-,25+/m1/s1. The Labute approximate surface area is 244 Å². The lowest BCUT2D eigenvalue weighted by Gasteiger charge is -2.33. The molecule has 234 valence electrons. The minimum Gasteiger partial charge on any atom is -0.362 e. The van der Waals surface area contributed by atoms with Crippen LogP contribution in [0.5, 0.6) is 0 Å². The van der Waals surface area contributed by atoms with E-state index in [1.165, 1.54) is 10.7 Å². The molecule has 0 aliphatic heterocycles. The van der Waals surface area contributed by atoms with Crippen LogP contribution in [0.2, 0.25) is 0 Å². The van der Waals surface area contributed by atoms with Crippen LogP contribution in [0, 0.1) is 11.8 Å². The molecule has 0 aromatic carbocycles. The number of aromatic nitrogens is 5. The van der Waals surface area contributed by atoms with E-state index in [-0.39, 0.29) is 43.6 Å². The van der Waals surface area contributed by atoms with Crippen molar-refractivity contribution in [3.63, 3.8) is 0 Å². The monoisotopic (exact) mass is 611 g/mol. The van der Waals surface area contributed by atoms with Gasteiger partial charge in [0.15, 0.2) is 5.65 Å². The van der Waals surface area contributed by atoms with Crippen LogP contribution < -0.4 is 10.6 Å². The lowest BCUT2D eigenvalue weighted by atomic mass is 9.81. The van der Waals surface area contributed by atoms with Crippen LogP contribution in [0.4, 0.5) is 22.0 Å². The van der Waals surface area contributed by atoms with Crippen molar-refractivity contribution in [2.24, 2.45) is 11.8 Å². The fourth-order valence-corrected chi connectivity index (χ4v) is 5.56. The minimum atomic E-state index is -4.53. The molecule has 3 aromatic heterocycles. The Hall–Kier alpha value is -3.62. The van der Waals surface area contributed by atoms with Gasteiger partial charge in [-0.15, -0.1) is 0 Å². The Kier molecular flexibility index (Phi) is 8.72. The molecular formula is C28H34F5N7O3. The van der Waals surface area contributed by atoms with Gasteiger partial charge < -0.3 is 15.4 Å². The molecule has 2 N–H and O–H groups in total. The normalized spacial score (nSPS) is 19.0. The third kappa shape index (κ3) is 7.67. The summed E-state index contributed by atoms with van der Waals surface area (Å²) in [5.74, 6) is -4.03. The van der Waals surface area contributed by atoms with Crippen LogP contribution in [-0.4, -0.2) is 61.5 Å². The topological polar surface area (TPSA) is 115 Å². The van der Waals surface area contributed by atoms with E-state index in [0.717, 1.165) is 12.8 Å². The Bertz CT molecular complexity index is 1440. The lowest BCUT2D eigenvalue weighted by Crippen LogP contribution is -2.38. The molecule has 10 nitrogen and oxygen atoms in total. The van der Waals surface area contributed by atoms with E-state index in [2.05, 4.69) is 25.6 Å². The third-order valence-electron chi connectivity index (χ3n) is 7.86. The summed E-state index contributed by atoms with van der Waals surface area (Å²) in [4.78, 5) is 30.4. The largest absolute Gasteiger partial charge is 0.411 e. The number of nitrogens with one attached hydrogen (secondary N) is 2. The van der Waals surface area contributed by atoms with Gasteiger partial charge in [-0.2, -0.15) is 23.4 Å². The van der Waals surface area contributed by atoms with E-state index >= 15 is 0 Å². The minimum absolute atomic E-state index is 0.0727. The van der Waals surface area contributed by atoms with E-state index in [0.29, 0.717) is 22.6 Å². The van der Waals surface area contributed by atoms with Gasteiger partial charge in [0.2, 0.25) is 11.8 Å². The zero-order valence-electron chi connectivity index (χ0n) is 23.8. The van der Waals surface area contributed by atoms with Gasteiger partial charge in [0.25, 0.3) is 5.91 Å². The highest BCUT2D eigenvalue weighted by molar-refractivity contribution is 5.92. The molecule has 0 saturated heterocycles. The summed E-state index contributed by atoms with van der Waals surface area (Å²) in [6.07, 6.45) is 1.65. The first-order valence-electron chi connectivity index (χ1n) is 14.3. The van der Waals surface area contributed by atoms with Gasteiger partial charge in [-0.05, 0) is 69.1 Å². The average molecular weight is 612 g/mol. The molecular weight excluding hydrogens is 577 g/mol. The number of carbonyl (C=O) groups is 2. The second-order valence-electron chi connectivity index (χ2n) is 11.6. The first-order chi connectivity index (χ1) is 20.3. The molecule has 15 heteroatoms. The number of hydrogen-bond donors (Lipinski definition) is 2. The fourth-order valence-electron chi connectivity index (χ4n) is 5.56. The molecule has 2 atom stereocenters. The quantitative estimate of drug-likeness (QED) is 0.297. The highest BCUT2D eigenvalue weighted by Crippen LogP contribution is 2.42. The van der Waals surface area contributed by atoms with Crippen molar-refractivity contribution in [3.05, 3.63) is 47.7 Å². The van der Waals surface area contributed by atoms with Crippen molar-refractivity contribution in [1.29, 1.82) is 0 Å². The van der Waals surface area contributed by atoms with Crippen molar-refractivity contribution in [3.8, 4) is 0 Å². The summed E-state index contributed by atoms with van der Waals surface area (Å²) in [6, 6.07) is 2.08. The maximum Gasteiger partial charge on any atom is 0.411 e. The molecule has 2 fully saturated rings. The highest BCUT2D eigenvalue weighted by Gasteiger charge is 2.40. The molecule has 43 heavy (non-hydrogen) atoms. The van der Waals surface area contributed by atoms with E-state index < -0.39 is 49.2 Å². The fraction of sp³-hybridized carbons (Fsp3) is 0.607. The number of fused-ring (bicyclic) bond motifs is 1. The first-order valence-corrected chi connectivity index (χ1v) is 14.3. The lowest BCUT2D eigenvalue weighted by molar-refractivity contribution is -0.175. The van der Waals surface area contributed by atoms with Crippen LogP contribution in [-0.2, 0) is 9.53 Å². The smallest absolute Gasteiger partial charge is 0.362 e. The molecule has 2 aliphatic rings. The molecule has 3 heterocycles. The van der Waals surface area contributed by atoms with Gasteiger partial charge >= 0.3 is 6.18 Å². The van der Waals surface area contributed by atoms with Crippen LogP contribution in [0.1, 0.15) is 92.2 Å². The Morgan fingerprint density at radius 3 is 2.42 bits per heavy atom. The molecule has 0 spiro atoms. The predicted octanol–water partition coefficient (Wildman–Crippen LogP) is 4.95. The van der Waals surface area contributed by atoms with Gasteiger partial charge in [-0.1, -0.05) is 0 Å². The zero-order valence-corrected chi connectivity index (χ0v) is 23.8. The number of imidazole rings is 1. The number of rotatable bonds is 11. The molecule has 0 unspecified atom stereocenters. The Balaban J connectivity index is 1.38.